The highest BCUT2D eigenvalue weighted by Gasteiger charge is 2.17. The molecule has 0 fully saturated rings. The van der Waals surface area contributed by atoms with Crippen molar-refractivity contribution in [2.24, 2.45) is 11.7 Å². The molecule has 1 rings (SSSR count). The van der Waals surface area contributed by atoms with E-state index in [1.165, 1.54) is 7.11 Å². The van der Waals surface area contributed by atoms with Crippen molar-refractivity contribution in [2.45, 2.75) is 26.7 Å². The zero-order valence-corrected chi connectivity index (χ0v) is 12.2. The first-order chi connectivity index (χ1) is 9.49. The van der Waals surface area contributed by atoms with Crippen molar-refractivity contribution in [1.82, 2.24) is 0 Å². The maximum absolute atomic E-state index is 12.1. The number of anilines is 1. The molecule has 0 spiro atoms. The van der Waals surface area contributed by atoms with Gasteiger partial charge in [-0.15, -0.1) is 0 Å². The lowest BCUT2D eigenvalue weighted by atomic mass is 10.0. The van der Waals surface area contributed by atoms with Gasteiger partial charge in [0, 0.05) is 5.92 Å². The maximum atomic E-state index is 12.1. The molecule has 1 aromatic carbocycles. The number of aryl methyl sites for hydroxylation is 1. The van der Waals surface area contributed by atoms with Crippen LogP contribution in [0.3, 0.4) is 0 Å². The van der Waals surface area contributed by atoms with Crippen LogP contribution in [0.25, 0.3) is 0 Å². The summed E-state index contributed by atoms with van der Waals surface area (Å²) in [5.41, 5.74) is 7.21. The number of hydrogen-bond donors (Lipinski definition) is 2. The van der Waals surface area contributed by atoms with Gasteiger partial charge in [0.1, 0.15) is 0 Å². The van der Waals surface area contributed by atoms with Crippen LogP contribution in [0, 0.1) is 12.8 Å². The van der Waals surface area contributed by atoms with E-state index in [0.29, 0.717) is 17.8 Å². The quantitative estimate of drug-likeness (QED) is 0.781. The summed E-state index contributed by atoms with van der Waals surface area (Å²) in [4.78, 5) is 23.8. The van der Waals surface area contributed by atoms with E-state index in [1.807, 2.05) is 19.9 Å². The van der Waals surface area contributed by atoms with Crippen molar-refractivity contribution in [3.8, 4) is 0 Å². The summed E-state index contributed by atoms with van der Waals surface area (Å²) in [5, 5.41) is 2.78. The van der Waals surface area contributed by atoms with Gasteiger partial charge in [-0.05, 0) is 38.4 Å². The van der Waals surface area contributed by atoms with Crippen LogP contribution in [0.2, 0.25) is 0 Å². The molecule has 20 heavy (non-hydrogen) atoms. The molecule has 1 aromatic rings. The molecular formula is C15H22N2O3. The molecule has 1 unspecified atom stereocenters. The van der Waals surface area contributed by atoms with Gasteiger partial charge >= 0.3 is 5.97 Å². The van der Waals surface area contributed by atoms with Gasteiger partial charge in [-0.2, -0.15) is 0 Å². The highest BCUT2D eigenvalue weighted by Crippen LogP contribution is 2.20. The Hall–Kier alpha value is -1.88. The van der Waals surface area contributed by atoms with Crippen LogP contribution in [-0.2, 0) is 9.53 Å². The lowest BCUT2D eigenvalue weighted by molar-refractivity contribution is -0.119. The van der Waals surface area contributed by atoms with Crippen molar-refractivity contribution in [1.29, 1.82) is 0 Å². The lowest BCUT2D eigenvalue weighted by Gasteiger charge is -2.14. The number of amides is 1. The van der Waals surface area contributed by atoms with Gasteiger partial charge in [-0.1, -0.05) is 18.6 Å². The smallest absolute Gasteiger partial charge is 0.339 e. The largest absolute Gasteiger partial charge is 0.465 e. The number of ether oxygens (including phenoxy) is 1. The van der Waals surface area contributed by atoms with Crippen LogP contribution < -0.4 is 11.1 Å². The predicted molar refractivity (Wildman–Crippen MR) is 78.6 cm³/mol. The first kappa shape index (κ1) is 16.2. The maximum Gasteiger partial charge on any atom is 0.339 e. The Labute approximate surface area is 119 Å². The molecule has 0 bridgehead atoms. The lowest BCUT2D eigenvalue weighted by Crippen LogP contribution is -2.22. The Bertz CT molecular complexity index is 486. The highest BCUT2D eigenvalue weighted by atomic mass is 16.5. The number of nitrogens with one attached hydrogen (secondary N) is 1. The number of rotatable bonds is 6. The number of carbonyl (C=O) groups excluding carboxylic acids is 2. The van der Waals surface area contributed by atoms with Crippen LogP contribution in [0.1, 0.15) is 35.7 Å². The zero-order valence-electron chi connectivity index (χ0n) is 12.2. The number of nitrogens with two attached hydrogens (primary N) is 1. The molecule has 0 aliphatic rings. The molecule has 110 valence electrons. The van der Waals surface area contributed by atoms with Gasteiger partial charge in [-0.25, -0.2) is 4.79 Å². The monoisotopic (exact) mass is 278 g/mol. The summed E-state index contributed by atoms with van der Waals surface area (Å²) < 4.78 is 4.73. The first-order valence-corrected chi connectivity index (χ1v) is 6.69. The minimum Gasteiger partial charge on any atom is -0.465 e. The molecule has 0 saturated heterocycles. The van der Waals surface area contributed by atoms with Gasteiger partial charge in [0.25, 0.3) is 0 Å². The Morgan fingerprint density at radius 3 is 2.70 bits per heavy atom. The van der Waals surface area contributed by atoms with Crippen molar-refractivity contribution in [2.75, 3.05) is 19.0 Å². The summed E-state index contributed by atoms with van der Waals surface area (Å²) in [5.74, 6) is -0.726. The normalized spacial score (nSPS) is 11.8. The molecule has 1 amide bonds. The molecular weight excluding hydrogens is 256 g/mol. The van der Waals surface area contributed by atoms with E-state index in [9.17, 15) is 9.59 Å². The van der Waals surface area contributed by atoms with Gasteiger partial charge in [0.15, 0.2) is 0 Å². The minimum absolute atomic E-state index is 0.118. The van der Waals surface area contributed by atoms with E-state index >= 15 is 0 Å². The topological polar surface area (TPSA) is 81.4 Å². The average molecular weight is 278 g/mol. The Balaban J connectivity index is 2.86. The van der Waals surface area contributed by atoms with E-state index in [1.54, 1.807) is 12.1 Å². The number of benzene rings is 1. The van der Waals surface area contributed by atoms with Crippen LogP contribution in [0.4, 0.5) is 5.69 Å². The predicted octanol–water partition coefficient (Wildman–Crippen LogP) is 2.10. The van der Waals surface area contributed by atoms with Crippen molar-refractivity contribution in [3.63, 3.8) is 0 Å². The minimum atomic E-state index is -0.460. The number of methoxy groups -OCH3 is 1. The fourth-order valence-electron chi connectivity index (χ4n) is 1.86. The highest BCUT2D eigenvalue weighted by molar-refractivity contribution is 6.01. The summed E-state index contributed by atoms with van der Waals surface area (Å²) in [6.07, 6.45) is 1.52. The third-order valence-corrected chi connectivity index (χ3v) is 3.13. The van der Waals surface area contributed by atoms with Gasteiger partial charge < -0.3 is 15.8 Å². The average Bonchev–Trinajstić information content (AvgIpc) is 2.45. The third kappa shape index (κ3) is 4.35. The number of hydrogen-bond acceptors (Lipinski definition) is 4. The molecule has 5 heteroatoms. The van der Waals surface area contributed by atoms with Crippen LogP contribution in [-0.4, -0.2) is 25.5 Å². The molecule has 0 saturated carbocycles. The zero-order chi connectivity index (χ0) is 15.1. The Morgan fingerprint density at radius 2 is 2.10 bits per heavy atom. The fraction of sp³-hybridized carbons (Fsp3) is 0.467. The van der Waals surface area contributed by atoms with E-state index in [0.717, 1.165) is 18.4 Å². The van der Waals surface area contributed by atoms with Gasteiger partial charge in [0.05, 0.1) is 18.4 Å². The molecule has 0 heterocycles. The SMILES string of the molecule is COC(=O)c1cc(C)ccc1NC(=O)C(C)CCCN. The van der Waals surface area contributed by atoms with E-state index in [-0.39, 0.29) is 11.8 Å². The molecule has 0 aromatic heterocycles. The van der Waals surface area contributed by atoms with Crippen molar-refractivity contribution in [3.05, 3.63) is 29.3 Å². The Kier molecular flexibility index (Phi) is 6.18. The third-order valence-electron chi connectivity index (χ3n) is 3.13. The van der Waals surface area contributed by atoms with Crippen LogP contribution in [0.5, 0.6) is 0 Å². The fourth-order valence-corrected chi connectivity index (χ4v) is 1.86. The summed E-state index contributed by atoms with van der Waals surface area (Å²) in [6, 6.07) is 5.26. The van der Waals surface area contributed by atoms with E-state index < -0.39 is 5.97 Å². The standard InChI is InChI=1S/C15H22N2O3/c1-10-6-7-13(12(9-10)15(19)20-3)17-14(18)11(2)5-4-8-16/h6-7,9,11H,4-5,8,16H2,1-3H3,(H,17,18). The van der Waals surface area contributed by atoms with Crippen LogP contribution in [0.15, 0.2) is 18.2 Å². The van der Waals surface area contributed by atoms with E-state index in [2.05, 4.69) is 5.32 Å². The molecule has 0 aliphatic carbocycles. The van der Waals surface area contributed by atoms with Gasteiger partial charge in [-0.3, -0.25) is 4.79 Å². The summed E-state index contributed by atoms with van der Waals surface area (Å²) in [7, 11) is 1.32. The number of esters is 1. The summed E-state index contributed by atoms with van der Waals surface area (Å²) in [6.45, 7) is 4.29. The van der Waals surface area contributed by atoms with Gasteiger partial charge in [0.2, 0.25) is 5.91 Å². The molecule has 0 radical (unpaired) electrons. The molecule has 5 nitrogen and oxygen atoms in total. The summed E-state index contributed by atoms with van der Waals surface area (Å²) >= 11 is 0. The van der Waals surface area contributed by atoms with Crippen LogP contribution >= 0.6 is 0 Å². The molecule has 3 N–H and O–H groups in total. The first-order valence-electron chi connectivity index (χ1n) is 6.69. The van der Waals surface area contributed by atoms with E-state index in [4.69, 9.17) is 10.5 Å². The second kappa shape index (κ2) is 7.65. The molecule has 1 atom stereocenters. The molecule has 0 aliphatic heterocycles. The second-order valence-corrected chi connectivity index (χ2v) is 4.86. The van der Waals surface area contributed by atoms with Crippen molar-refractivity contribution >= 4 is 17.6 Å². The number of carbonyl (C=O) groups is 2. The Morgan fingerprint density at radius 1 is 1.40 bits per heavy atom. The van der Waals surface area contributed by atoms with Crippen molar-refractivity contribution < 1.29 is 14.3 Å². The second-order valence-electron chi connectivity index (χ2n) is 4.86.